The Morgan fingerprint density at radius 3 is 2.71 bits per heavy atom. The first-order valence-electron chi connectivity index (χ1n) is 7.25. The molecular weight excluding hydrogens is 264 g/mol. The molecule has 0 saturated heterocycles. The molecular formula is C18H18O3. The summed E-state index contributed by atoms with van der Waals surface area (Å²) in [6, 6.07) is 15.2. The normalized spacial score (nSPS) is 16.7. The van der Waals surface area contributed by atoms with Gasteiger partial charge < -0.3 is 9.47 Å². The summed E-state index contributed by atoms with van der Waals surface area (Å²) in [5.74, 6) is 1.71. The van der Waals surface area contributed by atoms with E-state index >= 15 is 0 Å². The lowest BCUT2D eigenvalue weighted by Gasteiger charge is -2.24. The van der Waals surface area contributed by atoms with Gasteiger partial charge in [0.15, 0.2) is 5.78 Å². The quantitative estimate of drug-likeness (QED) is 0.805. The molecule has 0 fully saturated rings. The Kier molecular flexibility index (Phi) is 3.91. The highest BCUT2D eigenvalue weighted by Crippen LogP contribution is 2.28. The average molecular weight is 282 g/mol. The lowest BCUT2D eigenvalue weighted by Crippen LogP contribution is -2.28. The first-order chi connectivity index (χ1) is 10.3. The number of para-hydroxylation sites is 1. The van der Waals surface area contributed by atoms with Crippen molar-refractivity contribution in [2.75, 3.05) is 13.2 Å². The van der Waals surface area contributed by atoms with Crippen molar-refractivity contribution in [3.05, 3.63) is 59.7 Å². The Balaban J connectivity index is 1.74. The second-order valence-corrected chi connectivity index (χ2v) is 5.14. The number of hydrogen-bond donors (Lipinski definition) is 0. The van der Waals surface area contributed by atoms with Crippen LogP contribution < -0.4 is 9.47 Å². The lowest BCUT2D eigenvalue weighted by atomic mass is 9.90. The molecule has 0 N–H and O–H groups in total. The molecule has 1 atom stereocenters. The number of Topliss-reactive ketones (excluding diaryl/α,β-unsaturated/α-hetero) is 1. The average Bonchev–Trinajstić information content (AvgIpc) is 2.55. The zero-order chi connectivity index (χ0) is 14.7. The van der Waals surface area contributed by atoms with Gasteiger partial charge in [0.05, 0.1) is 19.1 Å². The van der Waals surface area contributed by atoms with Crippen molar-refractivity contribution in [3.8, 4) is 11.5 Å². The summed E-state index contributed by atoms with van der Waals surface area (Å²) in [5.41, 5.74) is 1.82. The molecule has 0 spiro atoms. The van der Waals surface area contributed by atoms with Crippen molar-refractivity contribution in [3.63, 3.8) is 0 Å². The van der Waals surface area contributed by atoms with Gasteiger partial charge in [0.2, 0.25) is 0 Å². The number of carbonyl (C=O) groups is 1. The third-order valence-electron chi connectivity index (χ3n) is 3.70. The molecule has 21 heavy (non-hydrogen) atoms. The molecule has 2 aromatic carbocycles. The zero-order valence-electron chi connectivity index (χ0n) is 12.0. The van der Waals surface area contributed by atoms with E-state index in [1.807, 2.05) is 55.5 Å². The van der Waals surface area contributed by atoms with Crippen LogP contribution in [0.25, 0.3) is 0 Å². The minimum absolute atomic E-state index is 0.113. The zero-order valence-corrected chi connectivity index (χ0v) is 12.0. The SMILES string of the molecule is CCOc1ccc(C(=O)C2COc3ccccc3C2)cc1. The second kappa shape index (κ2) is 6.00. The van der Waals surface area contributed by atoms with E-state index in [0.29, 0.717) is 18.8 Å². The molecule has 1 unspecified atom stereocenters. The van der Waals surface area contributed by atoms with Crippen molar-refractivity contribution in [2.24, 2.45) is 5.92 Å². The molecule has 0 radical (unpaired) electrons. The van der Waals surface area contributed by atoms with Crippen molar-refractivity contribution >= 4 is 5.78 Å². The van der Waals surface area contributed by atoms with E-state index in [-0.39, 0.29) is 11.7 Å². The number of ketones is 1. The Bertz CT molecular complexity index is 631. The summed E-state index contributed by atoms with van der Waals surface area (Å²) in [7, 11) is 0. The van der Waals surface area contributed by atoms with Crippen LogP contribution in [0.5, 0.6) is 11.5 Å². The van der Waals surface area contributed by atoms with Gasteiger partial charge in [0.1, 0.15) is 11.5 Å². The second-order valence-electron chi connectivity index (χ2n) is 5.14. The minimum atomic E-state index is -0.113. The van der Waals surface area contributed by atoms with Crippen LogP contribution in [0.1, 0.15) is 22.8 Å². The van der Waals surface area contributed by atoms with E-state index in [4.69, 9.17) is 9.47 Å². The number of ether oxygens (including phenoxy) is 2. The Hall–Kier alpha value is -2.29. The largest absolute Gasteiger partial charge is 0.494 e. The van der Waals surface area contributed by atoms with Crippen molar-refractivity contribution in [2.45, 2.75) is 13.3 Å². The molecule has 1 aliphatic rings. The van der Waals surface area contributed by atoms with Crippen LogP contribution in [0.3, 0.4) is 0 Å². The van der Waals surface area contributed by atoms with Gasteiger partial charge in [-0.2, -0.15) is 0 Å². The van der Waals surface area contributed by atoms with E-state index in [9.17, 15) is 4.79 Å². The summed E-state index contributed by atoms with van der Waals surface area (Å²) >= 11 is 0. The van der Waals surface area contributed by atoms with Crippen LogP contribution in [0, 0.1) is 5.92 Å². The third-order valence-corrected chi connectivity index (χ3v) is 3.70. The maximum absolute atomic E-state index is 12.6. The predicted octanol–water partition coefficient (Wildman–Crippen LogP) is 3.52. The van der Waals surface area contributed by atoms with E-state index in [2.05, 4.69) is 0 Å². The van der Waals surface area contributed by atoms with Gasteiger partial charge in [-0.15, -0.1) is 0 Å². The van der Waals surface area contributed by atoms with Gasteiger partial charge in [-0.3, -0.25) is 4.79 Å². The fraction of sp³-hybridized carbons (Fsp3) is 0.278. The predicted molar refractivity (Wildman–Crippen MR) is 81.1 cm³/mol. The molecule has 3 nitrogen and oxygen atoms in total. The van der Waals surface area contributed by atoms with Crippen molar-refractivity contribution in [1.29, 1.82) is 0 Å². The minimum Gasteiger partial charge on any atom is -0.494 e. The molecule has 1 aliphatic heterocycles. The third kappa shape index (κ3) is 2.92. The molecule has 1 heterocycles. The molecule has 0 saturated carbocycles. The summed E-state index contributed by atoms with van der Waals surface area (Å²) in [5, 5.41) is 0. The fourth-order valence-electron chi connectivity index (χ4n) is 2.61. The highest BCUT2D eigenvalue weighted by atomic mass is 16.5. The van der Waals surface area contributed by atoms with E-state index in [1.54, 1.807) is 0 Å². The van der Waals surface area contributed by atoms with Crippen LogP contribution in [0.2, 0.25) is 0 Å². The van der Waals surface area contributed by atoms with Gasteiger partial charge in [-0.1, -0.05) is 18.2 Å². The van der Waals surface area contributed by atoms with Crippen LogP contribution in [-0.2, 0) is 6.42 Å². The maximum Gasteiger partial charge on any atom is 0.169 e. The molecule has 0 amide bonds. The monoisotopic (exact) mass is 282 g/mol. The number of fused-ring (bicyclic) bond motifs is 1. The van der Waals surface area contributed by atoms with Gasteiger partial charge in [0, 0.05) is 5.56 Å². The summed E-state index contributed by atoms with van der Waals surface area (Å²) < 4.78 is 11.1. The van der Waals surface area contributed by atoms with Gasteiger partial charge in [-0.25, -0.2) is 0 Å². The molecule has 3 heteroatoms. The van der Waals surface area contributed by atoms with E-state index in [0.717, 1.165) is 23.5 Å². The highest BCUT2D eigenvalue weighted by Gasteiger charge is 2.26. The Labute approximate surface area is 124 Å². The van der Waals surface area contributed by atoms with E-state index < -0.39 is 0 Å². The molecule has 2 aromatic rings. The Morgan fingerprint density at radius 1 is 1.19 bits per heavy atom. The number of hydrogen-bond acceptors (Lipinski definition) is 3. The molecule has 3 rings (SSSR count). The lowest BCUT2D eigenvalue weighted by molar-refractivity contribution is 0.0855. The Morgan fingerprint density at radius 2 is 1.95 bits per heavy atom. The maximum atomic E-state index is 12.6. The fourth-order valence-corrected chi connectivity index (χ4v) is 2.61. The summed E-state index contributed by atoms with van der Waals surface area (Å²) in [6.45, 7) is 3.01. The van der Waals surface area contributed by atoms with E-state index in [1.165, 1.54) is 0 Å². The number of benzene rings is 2. The van der Waals surface area contributed by atoms with Crippen molar-refractivity contribution in [1.82, 2.24) is 0 Å². The molecule has 0 aromatic heterocycles. The van der Waals surface area contributed by atoms with Crippen molar-refractivity contribution < 1.29 is 14.3 Å². The van der Waals surface area contributed by atoms with Crippen LogP contribution in [0.4, 0.5) is 0 Å². The van der Waals surface area contributed by atoms with Gasteiger partial charge >= 0.3 is 0 Å². The molecule has 0 aliphatic carbocycles. The summed E-state index contributed by atoms with van der Waals surface area (Å²) in [4.78, 5) is 12.6. The standard InChI is InChI=1S/C18H18O3/c1-2-20-16-9-7-13(8-10-16)18(19)15-11-14-5-3-4-6-17(14)21-12-15/h3-10,15H,2,11-12H2,1H3. The van der Waals surface area contributed by atoms with Crippen LogP contribution in [0.15, 0.2) is 48.5 Å². The number of rotatable bonds is 4. The molecule has 108 valence electrons. The smallest absolute Gasteiger partial charge is 0.169 e. The first kappa shape index (κ1) is 13.7. The topological polar surface area (TPSA) is 35.5 Å². The van der Waals surface area contributed by atoms with Crippen LogP contribution >= 0.6 is 0 Å². The number of carbonyl (C=O) groups excluding carboxylic acids is 1. The first-order valence-corrected chi connectivity index (χ1v) is 7.25. The molecule has 0 bridgehead atoms. The van der Waals surface area contributed by atoms with Crippen LogP contribution in [-0.4, -0.2) is 19.0 Å². The highest BCUT2D eigenvalue weighted by molar-refractivity contribution is 5.98. The van der Waals surface area contributed by atoms with Gasteiger partial charge in [0.25, 0.3) is 0 Å². The summed E-state index contributed by atoms with van der Waals surface area (Å²) in [6.07, 6.45) is 0.738. The van der Waals surface area contributed by atoms with Gasteiger partial charge in [-0.05, 0) is 49.2 Å².